The number of aliphatic carboxylic acids is 1. The molecule has 0 saturated carbocycles. The van der Waals surface area contributed by atoms with E-state index in [4.69, 9.17) is 28.9 Å². The largest absolute Gasteiger partial charge is 0.487 e. The van der Waals surface area contributed by atoms with Crippen LogP contribution in [0.5, 0.6) is 11.5 Å². The van der Waals surface area contributed by atoms with E-state index in [0.29, 0.717) is 41.2 Å². The van der Waals surface area contributed by atoms with Crippen molar-refractivity contribution in [3.63, 3.8) is 0 Å². The zero-order valence-corrected chi connectivity index (χ0v) is 17.5. The second-order valence-corrected chi connectivity index (χ2v) is 8.28. The molecular formula is C23H26ClFO4. The number of carbonyl (C=O) groups is 1. The van der Waals surface area contributed by atoms with Crippen LogP contribution in [0.15, 0.2) is 24.3 Å². The lowest BCUT2D eigenvalue weighted by molar-refractivity contribution is -0.136. The Kier molecular flexibility index (Phi) is 5.57. The molecule has 0 saturated heterocycles. The Bertz CT molecular complexity index is 1010. The molecule has 0 aliphatic carbocycles. The second kappa shape index (κ2) is 8.62. The van der Waals surface area contributed by atoms with Crippen molar-refractivity contribution in [3.05, 3.63) is 57.4 Å². The number of benzene rings is 2. The minimum Gasteiger partial charge on any atom is -0.487 e. The van der Waals surface area contributed by atoms with Crippen molar-refractivity contribution in [1.29, 1.82) is 0 Å². The SMILES string of the molecule is [2H]C([2H])(Oc1ccc(CCC(=O)O)c(CCC)c1F)c1cc(Cl)cc2c1OC(C)(C)C2. The molecular weight excluding hydrogens is 395 g/mol. The van der Waals surface area contributed by atoms with Gasteiger partial charge in [0.05, 0.1) is 2.74 Å². The van der Waals surface area contributed by atoms with E-state index < -0.39 is 23.9 Å². The van der Waals surface area contributed by atoms with E-state index in [-0.39, 0.29) is 24.2 Å². The summed E-state index contributed by atoms with van der Waals surface area (Å²) in [5.74, 6) is -1.50. The number of carboxylic acid groups (broad SMARTS) is 1. The summed E-state index contributed by atoms with van der Waals surface area (Å²) in [7, 11) is 0. The first-order chi connectivity index (χ1) is 14.4. The van der Waals surface area contributed by atoms with Crippen LogP contribution in [0.25, 0.3) is 0 Å². The lowest BCUT2D eigenvalue weighted by atomic mass is 9.98. The van der Waals surface area contributed by atoms with E-state index in [1.807, 2.05) is 20.8 Å². The summed E-state index contributed by atoms with van der Waals surface area (Å²) in [5.41, 5.74) is 1.31. The van der Waals surface area contributed by atoms with Gasteiger partial charge < -0.3 is 14.6 Å². The fourth-order valence-electron chi connectivity index (χ4n) is 3.57. The van der Waals surface area contributed by atoms with Gasteiger partial charge in [0.1, 0.15) is 17.9 Å². The maximum atomic E-state index is 15.3. The highest BCUT2D eigenvalue weighted by Gasteiger charge is 2.32. The standard InChI is InChI=1S/C23H26ClFO4/c1-4-5-18-14(7-9-20(26)27)6-8-19(21(18)25)28-13-16-11-17(24)10-15-12-23(2,3)29-22(15)16/h6,8,10-11H,4-5,7,9,12-13H2,1-3H3,(H,26,27)/i13D2. The number of rotatable bonds is 8. The highest BCUT2D eigenvalue weighted by atomic mass is 35.5. The Hall–Kier alpha value is -2.27. The normalized spacial score (nSPS) is 15.9. The van der Waals surface area contributed by atoms with Crippen LogP contribution in [0, 0.1) is 5.82 Å². The van der Waals surface area contributed by atoms with Gasteiger partial charge in [-0.2, -0.15) is 0 Å². The van der Waals surface area contributed by atoms with Gasteiger partial charge in [-0.05, 0) is 61.6 Å². The summed E-state index contributed by atoms with van der Waals surface area (Å²) in [5, 5.41) is 9.29. The van der Waals surface area contributed by atoms with Crippen molar-refractivity contribution in [1.82, 2.24) is 0 Å². The highest BCUT2D eigenvalue weighted by molar-refractivity contribution is 6.30. The first kappa shape index (κ1) is 18.7. The fourth-order valence-corrected chi connectivity index (χ4v) is 3.81. The Balaban J connectivity index is 1.97. The molecule has 29 heavy (non-hydrogen) atoms. The third kappa shape index (κ3) is 5.02. The number of fused-ring (bicyclic) bond motifs is 1. The second-order valence-electron chi connectivity index (χ2n) is 7.84. The van der Waals surface area contributed by atoms with E-state index in [2.05, 4.69) is 0 Å². The first-order valence-electron chi connectivity index (χ1n) is 10.7. The Labute approximate surface area is 178 Å². The molecule has 3 rings (SSSR count). The number of carboxylic acids is 1. The fraction of sp³-hybridized carbons (Fsp3) is 0.435. The Morgan fingerprint density at radius 1 is 1.34 bits per heavy atom. The number of aryl methyl sites for hydroxylation is 1. The summed E-state index contributed by atoms with van der Waals surface area (Å²) in [6, 6.07) is 6.12. The van der Waals surface area contributed by atoms with Crippen LogP contribution in [-0.2, 0) is 30.6 Å². The van der Waals surface area contributed by atoms with Crippen molar-refractivity contribution in [2.24, 2.45) is 0 Å². The van der Waals surface area contributed by atoms with Crippen molar-refractivity contribution >= 4 is 17.6 Å². The van der Waals surface area contributed by atoms with Crippen LogP contribution in [0.1, 0.15) is 58.6 Å². The third-order valence-corrected chi connectivity index (χ3v) is 5.03. The molecule has 0 amide bonds. The average molecular weight is 423 g/mol. The molecule has 6 heteroatoms. The minimum atomic E-state index is -2.40. The van der Waals surface area contributed by atoms with Gasteiger partial charge in [-0.25, -0.2) is 4.39 Å². The van der Waals surface area contributed by atoms with Crippen molar-refractivity contribution in [3.8, 4) is 11.5 Å². The minimum absolute atomic E-state index is 0.104. The molecule has 2 aromatic rings. The van der Waals surface area contributed by atoms with E-state index in [0.717, 1.165) is 5.56 Å². The van der Waals surface area contributed by atoms with E-state index in [1.54, 1.807) is 12.1 Å². The van der Waals surface area contributed by atoms with Gasteiger partial charge in [-0.3, -0.25) is 4.79 Å². The lowest BCUT2D eigenvalue weighted by Gasteiger charge is -2.19. The molecule has 2 aromatic carbocycles. The third-order valence-electron chi connectivity index (χ3n) is 4.81. The predicted octanol–water partition coefficient (Wildman–Crippen LogP) is 5.74. The van der Waals surface area contributed by atoms with Gasteiger partial charge in [0, 0.05) is 23.4 Å². The predicted molar refractivity (Wildman–Crippen MR) is 111 cm³/mol. The highest BCUT2D eigenvalue weighted by Crippen LogP contribution is 2.40. The van der Waals surface area contributed by atoms with Crippen LogP contribution in [-0.4, -0.2) is 16.7 Å². The summed E-state index contributed by atoms with van der Waals surface area (Å²) in [6.07, 6.45) is 1.70. The quantitative estimate of drug-likeness (QED) is 0.589. The monoisotopic (exact) mass is 422 g/mol. The van der Waals surface area contributed by atoms with Gasteiger partial charge in [0.25, 0.3) is 0 Å². The molecule has 0 radical (unpaired) electrons. The molecule has 0 fully saturated rings. The zero-order valence-electron chi connectivity index (χ0n) is 18.8. The van der Waals surface area contributed by atoms with Gasteiger partial charge in [-0.15, -0.1) is 0 Å². The summed E-state index contributed by atoms with van der Waals surface area (Å²) in [6.45, 7) is 3.28. The maximum absolute atomic E-state index is 15.3. The molecule has 4 nitrogen and oxygen atoms in total. The van der Waals surface area contributed by atoms with E-state index in [9.17, 15) is 4.79 Å². The molecule has 1 heterocycles. The molecule has 0 unspecified atom stereocenters. The van der Waals surface area contributed by atoms with Crippen molar-refractivity contribution in [2.45, 2.75) is 65.0 Å². The molecule has 0 atom stereocenters. The number of hydrogen-bond acceptors (Lipinski definition) is 3. The van der Waals surface area contributed by atoms with Crippen LogP contribution in [0.4, 0.5) is 4.39 Å². The summed E-state index contributed by atoms with van der Waals surface area (Å²) in [4.78, 5) is 10.9. The molecule has 1 aliphatic heterocycles. The Morgan fingerprint density at radius 3 is 2.79 bits per heavy atom. The van der Waals surface area contributed by atoms with Crippen LogP contribution < -0.4 is 9.47 Å². The van der Waals surface area contributed by atoms with Gasteiger partial charge in [0.15, 0.2) is 11.6 Å². The van der Waals surface area contributed by atoms with E-state index in [1.165, 1.54) is 12.1 Å². The summed E-state index contributed by atoms with van der Waals surface area (Å²) < 4.78 is 43.8. The van der Waals surface area contributed by atoms with E-state index >= 15 is 4.39 Å². The lowest BCUT2D eigenvalue weighted by Crippen LogP contribution is -2.25. The summed E-state index contributed by atoms with van der Waals surface area (Å²) >= 11 is 6.21. The number of ether oxygens (including phenoxy) is 2. The van der Waals surface area contributed by atoms with Gasteiger partial charge >= 0.3 is 5.97 Å². The smallest absolute Gasteiger partial charge is 0.303 e. The first-order valence-corrected chi connectivity index (χ1v) is 10.0. The van der Waals surface area contributed by atoms with Crippen molar-refractivity contribution < 1.29 is 26.5 Å². The molecule has 0 aromatic heterocycles. The topological polar surface area (TPSA) is 55.8 Å². The molecule has 0 spiro atoms. The van der Waals surface area contributed by atoms with Crippen LogP contribution in [0.3, 0.4) is 0 Å². The molecule has 1 aliphatic rings. The van der Waals surface area contributed by atoms with Crippen molar-refractivity contribution in [2.75, 3.05) is 0 Å². The average Bonchev–Trinajstić information content (AvgIpc) is 2.96. The number of halogens is 2. The number of hydrogen-bond donors (Lipinski definition) is 1. The van der Waals surface area contributed by atoms with Crippen LogP contribution in [0.2, 0.25) is 5.02 Å². The zero-order chi connectivity index (χ0) is 23.0. The van der Waals surface area contributed by atoms with Crippen LogP contribution >= 0.6 is 11.6 Å². The van der Waals surface area contributed by atoms with Gasteiger partial charge in [-0.1, -0.05) is 31.0 Å². The van der Waals surface area contributed by atoms with Gasteiger partial charge in [0.2, 0.25) is 0 Å². The Morgan fingerprint density at radius 2 is 2.10 bits per heavy atom. The molecule has 156 valence electrons. The molecule has 0 bridgehead atoms. The maximum Gasteiger partial charge on any atom is 0.303 e. The molecule has 1 N–H and O–H groups in total.